The van der Waals surface area contributed by atoms with Gasteiger partial charge in [0.1, 0.15) is 0 Å². The van der Waals surface area contributed by atoms with Gasteiger partial charge in [0, 0.05) is 18.0 Å². The summed E-state index contributed by atoms with van der Waals surface area (Å²) in [4.78, 5) is 12.2. The van der Waals surface area contributed by atoms with E-state index in [0.717, 1.165) is 23.1 Å². The van der Waals surface area contributed by atoms with Crippen LogP contribution in [-0.4, -0.2) is 17.0 Å². The summed E-state index contributed by atoms with van der Waals surface area (Å²) >= 11 is 0. The lowest BCUT2D eigenvalue weighted by atomic mass is 10.1. The molecule has 0 atom stereocenters. The Morgan fingerprint density at radius 1 is 1.29 bits per heavy atom. The van der Waals surface area contributed by atoms with Gasteiger partial charge in [0.05, 0.1) is 0 Å². The molecule has 0 saturated carbocycles. The second-order valence-corrected chi connectivity index (χ2v) is 4.09. The fraction of sp³-hybridized carbons (Fsp3) is 0.214. The number of rotatable bonds is 3. The van der Waals surface area contributed by atoms with Crippen LogP contribution in [-0.2, 0) is 6.42 Å². The molecular formula is C14H16N2O. The van der Waals surface area contributed by atoms with Crippen LogP contribution >= 0.6 is 0 Å². The quantitative estimate of drug-likeness (QED) is 0.873. The molecule has 88 valence electrons. The van der Waals surface area contributed by atoms with Gasteiger partial charge in [0.2, 0.25) is 0 Å². The number of nitrogens with zero attached hydrogens (tertiary/aromatic N) is 1. The predicted molar refractivity (Wildman–Crippen MR) is 68.1 cm³/mol. The zero-order valence-corrected chi connectivity index (χ0v) is 9.89. The van der Waals surface area contributed by atoms with Gasteiger partial charge in [-0.2, -0.15) is 0 Å². The molecule has 0 aliphatic carbocycles. The Labute approximate surface area is 101 Å². The number of benzene rings is 1. The monoisotopic (exact) mass is 228 g/mol. The summed E-state index contributed by atoms with van der Waals surface area (Å²) in [5.74, 6) is 0.00590. The molecule has 0 bridgehead atoms. The predicted octanol–water partition coefficient (Wildman–Crippen LogP) is 1.99. The lowest BCUT2D eigenvalue weighted by Gasteiger charge is -2.04. The first-order valence-electron chi connectivity index (χ1n) is 5.69. The van der Waals surface area contributed by atoms with Crippen molar-refractivity contribution in [2.24, 2.45) is 5.73 Å². The normalized spacial score (nSPS) is 10.5. The molecule has 0 aliphatic heterocycles. The van der Waals surface area contributed by atoms with E-state index in [0.29, 0.717) is 6.54 Å². The molecule has 0 unspecified atom stereocenters. The Balaban J connectivity index is 2.28. The number of nitrogens with two attached hydrogens (primary N) is 1. The fourth-order valence-electron chi connectivity index (χ4n) is 1.83. The highest BCUT2D eigenvalue weighted by Gasteiger charge is 2.10. The Bertz CT molecular complexity index is 529. The minimum atomic E-state index is 0.00590. The number of hydrogen-bond donors (Lipinski definition) is 1. The molecule has 0 amide bonds. The third-order valence-corrected chi connectivity index (χ3v) is 2.80. The van der Waals surface area contributed by atoms with Crippen LogP contribution in [0, 0.1) is 6.92 Å². The lowest BCUT2D eigenvalue weighted by Crippen LogP contribution is -2.11. The van der Waals surface area contributed by atoms with Crippen molar-refractivity contribution < 1.29 is 4.79 Å². The van der Waals surface area contributed by atoms with E-state index >= 15 is 0 Å². The topological polar surface area (TPSA) is 48.0 Å². The minimum Gasteiger partial charge on any atom is -0.330 e. The van der Waals surface area contributed by atoms with E-state index in [-0.39, 0.29) is 5.91 Å². The van der Waals surface area contributed by atoms with Gasteiger partial charge in [0.25, 0.3) is 5.91 Å². The number of carbonyl (C=O) groups is 1. The molecule has 17 heavy (non-hydrogen) atoms. The molecule has 0 saturated heterocycles. The highest BCUT2D eigenvalue weighted by Crippen LogP contribution is 2.11. The smallest absolute Gasteiger partial charge is 0.262 e. The first kappa shape index (κ1) is 11.6. The van der Waals surface area contributed by atoms with Crippen molar-refractivity contribution in [3.8, 4) is 0 Å². The molecule has 3 nitrogen and oxygen atoms in total. The standard InChI is InChI=1S/C14H16N2O/c1-11-4-2-3-5-13(11)14(17)16-9-7-12(10-16)6-8-15/h2-5,7,9-10H,6,8,15H2,1H3. The van der Waals surface area contributed by atoms with Gasteiger partial charge < -0.3 is 5.73 Å². The van der Waals surface area contributed by atoms with Crippen molar-refractivity contribution in [3.63, 3.8) is 0 Å². The van der Waals surface area contributed by atoms with Crippen molar-refractivity contribution in [1.82, 2.24) is 4.57 Å². The molecule has 1 heterocycles. The van der Waals surface area contributed by atoms with Crippen LogP contribution in [0.4, 0.5) is 0 Å². The molecule has 0 spiro atoms. The van der Waals surface area contributed by atoms with Gasteiger partial charge in [-0.15, -0.1) is 0 Å². The minimum absolute atomic E-state index is 0.00590. The zero-order valence-electron chi connectivity index (χ0n) is 9.89. The third kappa shape index (κ3) is 2.45. The van der Waals surface area contributed by atoms with Crippen molar-refractivity contribution in [3.05, 3.63) is 59.4 Å². The van der Waals surface area contributed by atoms with Crippen molar-refractivity contribution >= 4 is 5.91 Å². The Hall–Kier alpha value is -1.87. The van der Waals surface area contributed by atoms with Gasteiger partial charge in [-0.3, -0.25) is 9.36 Å². The summed E-state index contributed by atoms with van der Waals surface area (Å²) in [5.41, 5.74) is 8.31. The second-order valence-electron chi connectivity index (χ2n) is 4.09. The molecule has 1 aromatic carbocycles. The van der Waals surface area contributed by atoms with E-state index in [9.17, 15) is 4.79 Å². The van der Waals surface area contributed by atoms with Crippen LogP contribution in [0.25, 0.3) is 0 Å². The molecule has 1 aromatic heterocycles. The highest BCUT2D eigenvalue weighted by molar-refractivity contribution is 5.97. The molecule has 0 aliphatic rings. The lowest BCUT2D eigenvalue weighted by molar-refractivity contribution is 0.0959. The summed E-state index contributed by atoms with van der Waals surface area (Å²) in [5, 5.41) is 0. The number of hydrogen-bond acceptors (Lipinski definition) is 2. The van der Waals surface area contributed by atoms with Crippen LogP contribution < -0.4 is 5.73 Å². The summed E-state index contributed by atoms with van der Waals surface area (Å²) < 4.78 is 1.62. The van der Waals surface area contributed by atoms with Crippen molar-refractivity contribution in [2.75, 3.05) is 6.54 Å². The van der Waals surface area contributed by atoms with E-state index in [2.05, 4.69) is 0 Å². The molecule has 0 radical (unpaired) electrons. The van der Waals surface area contributed by atoms with E-state index in [4.69, 9.17) is 5.73 Å². The highest BCUT2D eigenvalue weighted by atomic mass is 16.2. The Morgan fingerprint density at radius 3 is 2.76 bits per heavy atom. The van der Waals surface area contributed by atoms with Crippen LogP contribution in [0.15, 0.2) is 42.7 Å². The SMILES string of the molecule is Cc1ccccc1C(=O)n1ccc(CCN)c1. The zero-order chi connectivity index (χ0) is 12.3. The molecular weight excluding hydrogens is 212 g/mol. The average Bonchev–Trinajstić information content (AvgIpc) is 2.78. The second kappa shape index (κ2) is 4.97. The van der Waals surface area contributed by atoms with Crippen LogP contribution in [0.3, 0.4) is 0 Å². The maximum absolute atomic E-state index is 12.2. The Kier molecular flexibility index (Phi) is 3.40. The molecule has 3 heteroatoms. The summed E-state index contributed by atoms with van der Waals surface area (Å²) in [6.07, 6.45) is 4.44. The van der Waals surface area contributed by atoms with Gasteiger partial charge in [0.15, 0.2) is 0 Å². The average molecular weight is 228 g/mol. The van der Waals surface area contributed by atoms with E-state index in [1.165, 1.54) is 0 Å². The van der Waals surface area contributed by atoms with E-state index in [1.807, 2.05) is 43.5 Å². The molecule has 2 rings (SSSR count). The first-order chi connectivity index (χ1) is 8.22. The van der Waals surface area contributed by atoms with E-state index in [1.54, 1.807) is 10.8 Å². The van der Waals surface area contributed by atoms with Crippen LogP contribution in [0.2, 0.25) is 0 Å². The van der Waals surface area contributed by atoms with Crippen molar-refractivity contribution in [2.45, 2.75) is 13.3 Å². The van der Waals surface area contributed by atoms with E-state index < -0.39 is 0 Å². The number of aryl methyl sites for hydroxylation is 1. The molecule has 2 aromatic rings. The Morgan fingerprint density at radius 2 is 2.06 bits per heavy atom. The number of carbonyl (C=O) groups excluding carboxylic acids is 1. The number of aromatic nitrogens is 1. The van der Waals surface area contributed by atoms with Gasteiger partial charge in [-0.05, 0) is 43.1 Å². The largest absolute Gasteiger partial charge is 0.330 e. The fourth-order valence-corrected chi connectivity index (χ4v) is 1.83. The van der Waals surface area contributed by atoms with Gasteiger partial charge >= 0.3 is 0 Å². The van der Waals surface area contributed by atoms with Gasteiger partial charge in [-0.25, -0.2) is 0 Å². The van der Waals surface area contributed by atoms with Crippen molar-refractivity contribution in [1.29, 1.82) is 0 Å². The molecule has 2 N–H and O–H groups in total. The third-order valence-electron chi connectivity index (χ3n) is 2.80. The summed E-state index contributed by atoms with van der Waals surface area (Å²) in [6, 6.07) is 9.53. The maximum Gasteiger partial charge on any atom is 0.262 e. The summed E-state index contributed by atoms with van der Waals surface area (Å²) in [6.45, 7) is 2.54. The first-order valence-corrected chi connectivity index (χ1v) is 5.69. The van der Waals surface area contributed by atoms with Gasteiger partial charge in [-0.1, -0.05) is 18.2 Å². The van der Waals surface area contributed by atoms with Crippen LogP contribution in [0.1, 0.15) is 21.5 Å². The molecule has 0 fully saturated rings. The maximum atomic E-state index is 12.2. The van der Waals surface area contributed by atoms with Crippen LogP contribution in [0.5, 0.6) is 0 Å². The summed E-state index contributed by atoms with van der Waals surface area (Å²) in [7, 11) is 0.